The third-order valence-corrected chi connectivity index (χ3v) is 6.47. The zero-order valence-corrected chi connectivity index (χ0v) is 18.2. The summed E-state index contributed by atoms with van der Waals surface area (Å²) in [5.74, 6) is 0.591. The summed E-state index contributed by atoms with van der Waals surface area (Å²) >= 11 is 0. The van der Waals surface area contributed by atoms with Crippen molar-refractivity contribution < 1.29 is 14.3 Å². The molecule has 2 heterocycles. The monoisotopic (exact) mass is 409 g/mol. The van der Waals surface area contributed by atoms with Gasteiger partial charge in [0.25, 0.3) is 5.91 Å². The van der Waals surface area contributed by atoms with Gasteiger partial charge in [-0.1, -0.05) is 19.3 Å². The van der Waals surface area contributed by atoms with Crippen molar-refractivity contribution in [2.75, 3.05) is 23.9 Å². The van der Waals surface area contributed by atoms with Crippen LogP contribution < -0.4 is 15.0 Å². The molecule has 1 aliphatic carbocycles. The number of rotatable bonds is 5. The van der Waals surface area contributed by atoms with Crippen molar-refractivity contribution in [3.63, 3.8) is 0 Å². The van der Waals surface area contributed by atoms with E-state index in [1.165, 1.54) is 32.1 Å². The van der Waals surface area contributed by atoms with Gasteiger partial charge in [0.15, 0.2) is 0 Å². The molecule has 30 heavy (non-hydrogen) atoms. The Morgan fingerprint density at radius 1 is 1.10 bits per heavy atom. The molecule has 1 aromatic carbocycles. The number of carbonyl (C=O) groups excluding carboxylic acids is 2. The van der Waals surface area contributed by atoms with Crippen LogP contribution in [0.1, 0.15) is 72.7 Å². The van der Waals surface area contributed by atoms with E-state index < -0.39 is 0 Å². The second-order valence-electron chi connectivity index (χ2n) is 8.44. The smallest absolute Gasteiger partial charge is 0.257 e. The van der Waals surface area contributed by atoms with E-state index in [4.69, 9.17) is 4.74 Å². The first-order valence-corrected chi connectivity index (χ1v) is 11.0. The quantitative estimate of drug-likeness (QED) is 0.756. The summed E-state index contributed by atoms with van der Waals surface area (Å²) in [5, 5.41) is 3.01. The number of hydrogen-bond acceptors (Lipinski definition) is 3. The molecule has 1 saturated carbocycles. The Labute approximate surface area is 178 Å². The van der Waals surface area contributed by atoms with Gasteiger partial charge in [-0.15, -0.1) is 0 Å². The Kier molecular flexibility index (Phi) is 5.84. The van der Waals surface area contributed by atoms with Crippen LogP contribution in [0.15, 0.2) is 24.3 Å². The van der Waals surface area contributed by atoms with Gasteiger partial charge >= 0.3 is 0 Å². The Bertz CT molecular complexity index is 957. The second-order valence-corrected chi connectivity index (χ2v) is 8.44. The van der Waals surface area contributed by atoms with E-state index in [-0.39, 0.29) is 11.8 Å². The van der Waals surface area contributed by atoms with Crippen molar-refractivity contribution in [3.8, 4) is 5.75 Å². The summed E-state index contributed by atoms with van der Waals surface area (Å²) in [6, 6.07) is 7.97. The lowest BCUT2D eigenvalue weighted by molar-refractivity contribution is -0.117. The molecule has 1 aromatic heterocycles. The number of ether oxygens (including phenoxy) is 1. The van der Waals surface area contributed by atoms with E-state index in [1.807, 2.05) is 25.1 Å². The molecule has 0 unspecified atom stereocenters. The van der Waals surface area contributed by atoms with E-state index in [2.05, 4.69) is 16.8 Å². The molecule has 0 spiro atoms. The van der Waals surface area contributed by atoms with Crippen LogP contribution in [0.25, 0.3) is 0 Å². The zero-order chi connectivity index (χ0) is 21.3. The van der Waals surface area contributed by atoms with Crippen molar-refractivity contribution in [2.24, 2.45) is 0 Å². The van der Waals surface area contributed by atoms with E-state index in [0.29, 0.717) is 30.4 Å². The lowest BCUT2D eigenvalue weighted by Crippen LogP contribution is -2.24. The van der Waals surface area contributed by atoms with Gasteiger partial charge in [-0.25, -0.2) is 0 Å². The average molecular weight is 410 g/mol. The maximum Gasteiger partial charge on any atom is 0.257 e. The highest BCUT2D eigenvalue weighted by Crippen LogP contribution is 2.35. The maximum atomic E-state index is 13.0. The molecular weight excluding hydrogens is 378 g/mol. The van der Waals surface area contributed by atoms with Crippen LogP contribution >= 0.6 is 0 Å². The van der Waals surface area contributed by atoms with Crippen LogP contribution in [0.4, 0.5) is 11.4 Å². The third-order valence-electron chi connectivity index (χ3n) is 6.47. The molecule has 1 N–H and O–H groups in total. The van der Waals surface area contributed by atoms with Gasteiger partial charge in [-0.2, -0.15) is 0 Å². The zero-order valence-electron chi connectivity index (χ0n) is 18.2. The van der Waals surface area contributed by atoms with Gasteiger partial charge in [0.1, 0.15) is 5.75 Å². The fourth-order valence-corrected chi connectivity index (χ4v) is 4.99. The Morgan fingerprint density at radius 3 is 2.53 bits per heavy atom. The number of aryl methyl sites for hydroxylation is 1. The lowest BCUT2D eigenvalue weighted by Gasteiger charge is -2.26. The number of benzene rings is 1. The molecule has 0 radical (unpaired) electrons. The highest BCUT2D eigenvalue weighted by molar-refractivity contribution is 6.06. The van der Waals surface area contributed by atoms with Crippen LogP contribution in [0.2, 0.25) is 0 Å². The Morgan fingerprint density at radius 2 is 1.87 bits per heavy atom. The van der Waals surface area contributed by atoms with Crippen molar-refractivity contribution >= 4 is 23.2 Å². The Hall–Kier alpha value is -2.76. The molecule has 2 fully saturated rings. The molecule has 6 nitrogen and oxygen atoms in total. The summed E-state index contributed by atoms with van der Waals surface area (Å²) in [6.07, 6.45) is 7.62. The number of methoxy groups -OCH3 is 1. The normalized spacial score (nSPS) is 17.4. The summed E-state index contributed by atoms with van der Waals surface area (Å²) in [7, 11) is 1.59. The van der Waals surface area contributed by atoms with Crippen molar-refractivity contribution in [1.82, 2.24) is 4.57 Å². The van der Waals surface area contributed by atoms with Crippen LogP contribution in [-0.4, -0.2) is 30.0 Å². The van der Waals surface area contributed by atoms with E-state index in [0.717, 1.165) is 29.1 Å². The first-order chi connectivity index (χ1) is 14.5. The van der Waals surface area contributed by atoms with Crippen molar-refractivity contribution in [3.05, 3.63) is 41.2 Å². The fraction of sp³-hybridized carbons (Fsp3) is 0.500. The summed E-state index contributed by atoms with van der Waals surface area (Å²) in [6.45, 7) is 4.83. The highest BCUT2D eigenvalue weighted by Gasteiger charge is 2.25. The van der Waals surface area contributed by atoms with Crippen molar-refractivity contribution in [1.29, 1.82) is 0 Å². The van der Waals surface area contributed by atoms with Gasteiger partial charge < -0.3 is 19.5 Å². The van der Waals surface area contributed by atoms with Gasteiger partial charge in [-0.05, 0) is 51.3 Å². The number of amides is 2. The molecule has 160 valence electrons. The van der Waals surface area contributed by atoms with Gasteiger partial charge in [0.05, 0.1) is 18.4 Å². The van der Waals surface area contributed by atoms with Gasteiger partial charge in [-0.3, -0.25) is 9.59 Å². The SMILES string of the molecule is COc1cc(NC(=O)c2cc(C)n(C3CCCCC3)c2C)ccc1N1CCCC1=O. The summed E-state index contributed by atoms with van der Waals surface area (Å²) in [5.41, 5.74) is 4.31. The average Bonchev–Trinajstić information content (AvgIpc) is 3.30. The standard InChI is InChI=1S/C24H31N3O3/c1-16-14-20(17(2)27(16)19-8-5-4-6-9-19)24(29)25-18-11-12-21(22(15-18)30-3)26-13-7-10-23(26)28/h11-12,14-15,19H,4-10,13H2,1-3H3,(H,25,29). The lowest BCUT2D eigenvalue weighted by atomic mass is 9.95. The number of hydrogen-bond donors (Lipinski definition) is 1. The molecule has 4 rings (SSSR count). The molecule has 6 heteroatoms. The van der Waals surface area contributed by atoms with Crippen molar-refractivity contribution in [2.45, 2.75) is 64.8 Å². The first-order valence-electron chi connectivity index (χ1n) is 11.0. The van der Waals surface area contributed by atoms with E-state index >= 15 is 0 Å². The molecule has 0 bridgehead atoms. The largest absolute Gasteiger partial charge is 0.494 e. The van der Waals surface area contributed by atoms with Crippen LogP contribution in [0.5, 0.6) is 5.75 Å². The number of nitrogens with zero attached hydrogens (tertiary/aromatic N) is 2. The number of anilines is 2. The van der Waals surface area contributed by atoms with E-state index in [9.17, 15) is 9.59 Å². The fourth-order valence-electron chi connectivity index (χ4n) is 4.99. The highest BCUT2D eigenvalue weighted by atomic mass is 16.5. The van der Waals surface area contributed by atoms with Gasteiger partial charge in [0.2, 0.25) is 5.91 Å². The van der Waals surface area contributed by atoms with Gasteiger partial charge in [0, 0.05) is 42.1 Å². The molecular formula is C24H31N3O3. The minimum atomic E-state index is -0.114. The minimum Gasteiger partial charge on any atom is -0.494 e. The maximum absolute atomic E-state index is 13.0. The predicted molar refractivity (Wildman–Crippen MR) is 119 cm³/mol. The summed E-state index contributed by atoms with van der Waals surface area (Å²) in [4.78, 5) is 26.9. The topological polar surface area (TPSA) is 63.6 Å². The van der Waals surface area contributed by atoms with E-state index in [1.54, 1.807) is 18.1 Å². The van der Waals surface area contributed by atoms with Crippen LogP contribution in [0.3, 0.4) is 0 Å². The Balaban J connectivity index is 1.55. The number of aromatic nitrogens is 1. The van der Waals surface area contributed by atoms with Crippen LogP contribution in [-0.2, 0) is 4.79 Å². The summed E-state index contributed by atoms with van der Waals surface area (Å²) < 4.78 is 7.86. The first kappa shape index (κ1) is 20.5. The number of carbonyl (C=O) groups is 2. The third kappa shape index (κ3) is 3.83. The minimum absolute atomic E-state index is 0.111. The molecule has 0 atom stereocenters. The second kappa shape index (κ2) is 8.54. The van der Waals surface area contributed by atoms with Crippen LogP contribution in [0, 0.1) is 13.8 Å². The molecule has 1 aliphatic heterocycles. The number of nitrogens with one attached hydrogen (secondary N) is 1. The molecule has 2 amide bonds. The molecule has 1 saturated heterocycles. The molecule has 2 aliphatic rings. The predicted octanol–water partition coefficient (Wildman–Crippen LogP) is 5.00. The molecule has 2 aromatic rings.